The van der Waals surface area contributed by atoms with E-state index in [2.05, 4.69) is 10.9 Å². The Morgan fingerprint density at radius 2 is 1.89 bits per heavy atom. The molecule has 4 aromatic rings. The quantitative estimate of drug-likeness (QED) is 0.454. The number of thiazole rings is 1. The van der Waals surface area contributed by atoms with E-state index in [0.717, 1.165) is 22.2 Å². The van der Waals surface area contributed by atoms with E-state index in [4.69, 9.17) is 34.4 Å². The Bertz CT molecular complexity index is 1370. The van der Waals surface area contributed by atoms with Crippen LogP contribution in [0.2, 0.25) is 10.0 Å². The molecule has 4 nitrogen and oxygen atoms in total. The summed E-state index contributed by atoms with van der Waals surface area (Å²) in [5, 5.41) is 0.665. The Morgan fingerprint density at radius 1 is 1.21 bits per heavy atom. The number of aryl methyl sites for hydroxylation is 2. The summed E-state index contributed by atoms with van der Waals surface area (Å²) < 4.78 is 7.56. The molecule has 7 heteroatoms. The Balaban J connectivity index is 1.87. The minimum atomic E-state index is -0.120. The summed E-state index contributed by atoms with van der Waals surface area (Å²) in [6.45, 7) is 4.12. The number of fused-ring (bicyclic) bond motifs is 3. The molecule has 4 rings (SSSR count). The smallest absolute Gasteiger partial charge is 0.274 e. The zero-order valence-electron chi connectivity index (χ0n) is 15.0. The first-order valence-electron chi connectivity index (χ1n) is 8.38. The molecule has 140 valence electrons. The van der Waals surface area contributed by atoms with Crippen LogP contribution >= 0.6 is 34.5 Å². The van der Waals surface area contributed by atoms with Gasteiger partial charge in [-0.05, 0) is 60.9 Å². The molecule has 0 fully saturated rings. The van der Waals surface area contributed by atoms with Gasteiger partial charge in [0, 0.05) is 0 Å². The van der Waals surface area contributed by atoms with Crippen LogP contribution in [0, 0.1) is 26.2 Å². The fraction of sp³-hybridized carbons (Fsp3) is 0.143. The van der Waals surface area contributed by atoms with Gasteiger partial charge < -0.3 is 4.74 Å². The molecule has 0 saturated carbocycles. The van der Waals surface area contributed by atoms with Crippen molar-refractivity contribution >= 4 is 56.6 Å². The number of hydrogen-bond acceptors (Lipinski definition) is 4. The van der Waals surface area contributed by atoms with Gasteiger partial charge in [-0.2, -0.15) is 0 Å². The van der Waals surface area contributed by atoms with Crippen molar-refractivity contribution in [2.24, 2.45) is 0 Å². The summed E-state index contributed by atoms with van der Waals surface area (Å²) in [4.78, 5) is 18.2. The minimum Gasteiger partial charge on any atom is -0.478 e. The molecule has 2 aromatic heterocycles. The van der Waals surface area contributed by atoms with Gasteiger partial charge >= 0.3 is 0 Å². The lowest BCUT2D eigenvalue weighted by molar-refractivity contribution is 0.371. The van der Waals surface area contributed by atoms with E-state index in [1.165, 1.54) is 11.3 Å². The van der Waals surface area contributed by atoms with Gasteiger partial charge in [0.05, 0.1) is 25.6 Å². The second-order valence-electron chi connectivity index (χ2n) is 6.38. The number of hydrogen-bond donors (Lipinski definition) is 0. The van der Waals surface area contributed by atoms with Gasteiger partial charge in [0.2, 0.25) is 0 Å². The largest absolute Gasteiger partial charge is 0.478 e. The lowest BCUT2D eigenvalue weighted by Crippen LogP contribution is -2.22. The molecule has 0 aliphatic rings. The zero-order chi connectivity index (χ0) is 20.0. The lowest BCUT2D eigenvalue weighted by Gasteiger charge is -2.08. The highest BCUT2D eigenvalue weighted by atomic mass is 35.5. The predicted octanol–water partition coefficient (Wildman–Crippen LogP) is 4.39. The molecule has 0 unspecified atom stereocenters. The molecular formula is C21H14Cl2N2O2S. The third kappa shape index (κ3) is 3.14. The van der Waals surface area contributed by atoms with Crippen LogP contribution in [0.4, 0.5) is 0 Å². The highest BCUT2D eigenvalue weighted by Gasteiger charge is 2.13. The average Bonchev–Trinajstić information content (AvgIpc) is 3.11. The van der Waals surface area contributed by atoms with Crippen LogP contribution in [0.3, 0.4) is 0 Å². The third-order valence-corrected chi connectivity index (χ3v) is 6.00. The van der Waals surface area contributed by atoms with E-state index in [1.807, 2.05) is 26.0 Å². The van der Waals surface area contributed by atoms with E-state index in [-0.39, 0.29) is 12.2 Å². The van der Waals surface area contributed by atoms with Gasteiger partial charge in [0.1, 0.15) is 6.61 Å². The van der Waals surface area contributed by atoms with E-state index >= 15 is 0 Å². The molecule has 0 radical (unpaired) electrons. The van der Waals surface area contributed by atoms with Gasteiger partial charge in [-0.1, -0.05) is 40.5 Å². The number of terminal acetylenes is 1. The summed E-state index contributed by atoms with van der Waals surface area (Å²) >= 11 is 13.8. The van der Waals surface area contributed by atoms with Crippen LogP contribution < -0.4 is 14.8 Å². The topological polar surface area (TPSA) is 43.6 Å². The molecule has 0 bridgehead atoms. The molecule has 0 N–H and O–H groups in total. The number of ether oxygens (including phenoxy) is 1. The standard InChI is InChI=1S/C21H14Cl2N2O2S/c1-4-5-27-19-14(22)8-13(9-15(19)23)10-18-20(26)25-17-7-12(3)11(2)6-16(17)24-21(25)28-18/h1,6-10H,5H2,2-3H3/b18-10-. The van der Waals surface area contributed by atoms with Crippen LogP contribution in [-0.2, 0) is 0 Å². The average molecular weight is 429 g/mol. The van der Waals surface area contributed by atoms with Crippen molar-refractivity contribution in [3.8, 4) is 18.1 Å². The molecule has 2 heterocycles. The first-order chi connectivity index (χ1) is 13.4. The van der Waals surface area contributed by atoms with Crippen molar-refractivity contribution in [2.45, 2.75) is 13.8 Å². The van der Waals surface area contributed by atoms with Crippen LogP contribution in [-0.4, -0.2) is 16.0 Å². The predicted molar refractivity (Wildman–Crippen MR) is 116 cm³/mol. The molecular weight excluding hydrogens is 415 g/mol. The lowest BCUT2D eigenvalue weighted by atomic mass is 10.1. The highest BCUT2D eigenvalue weighted by Crippen LogP contribution is 2.34. The monoisotopic (exact) mass is 428 g/mol. The first-order valence-corrected chi connectivity index (χ1v) is 9.95. The van der Waals surface area contributed by atoms with E-state index in [9.17, 15) is 4.79 Å². The van der Waals surface area contributed by atoms with E-state index in [1.54, 1.807) is 22.6 Å². The fourth-order valence-electron chi connectivity index (χ4n) is 2.98. The maximum absolute atomic E-state index is 13.0. The molecule has 0 atom stereocenters. The summed E-state index contributed by atoms with van der Waals surface area (Å²) in [6, 6.07) is 7.37. The Labute approximate surface area is 175 Å². The van der Waals surface area contributed by atoms with Crippen molar-refractivity contribution in [2.75, 3.05) is 6.61 Å². The molecule has 28 heavy (non-hydrogen) atoms. The Morgan fingerprint density at radius 3 is 2.57 bits per heavy atom. The number of aromatic nitrogens is 2. The van der Waals surface area contributed by atoms with E-state index < -0.39 is 0 Å². The van der Waals surface area contributed by atoms with Crippen molar-refractivity contribution in [1.82, 2.24) is 9.38 Å². The second kappa shape index (κ2) is 7.14. The van der Waals surface area contributed by atoms with E-state index in [0.29, 0.717) is 30.9 Å². The van der Waals surface area contributed by atoms with Crippen molar-refractivity contribution < 1.29 is 4.74 Å². The molecule has 0 amide bonds. The molecule has 2 aromatic carbocycles. The SMILES string of the molecule is C#CCOc1c(Cl)cc(/C=c2\sc3nc4cc(C)c(C)cc4n3c2=O)cc1Cl. The summed E-state index contributed by atoms with van der Waals surface area (Å²) in [5.74, 6) is 2.70. The van der Waals surface area contributed by atoms with Crippen molar-refractivity contribution in [1.29, 1.82) is 0 Å². The van der Waals surface area contributed by atoms with Crippen LogP contribution in [0.25, 0.3) is 22.1 Å². The minimum absolute atomic E-state index is 0.0707. The van der Waals surface area contributed by atoms with Gasteiger partial charge in [-0.3, -0.25) is 4.79 Å². The molecule has 0 spiro atoms. The Hall–Kier alpha value is -2.52. The van der Waals surface area contributed by atoms with Crippen LogP contribution in [0.15, 0.2) is 29.1 Å². The number of rotatable bonds is 3. The number of imidazole rings is 1. The summed E-state index contributed by atoms with van der Waals surface area (Å²) in [6.07, 6.45) is 6.95. The molecule has 0 saturated heterocycles. The maximum atomic E-state index is 13.0. The Kier molecular flexibility index (Phi) is 4.80. The van der Waals surface area contributed by atoms with Gasteiger partial charge in [-0.25, -0.2) is 9.38 Å². The molecule has 0 aliphatic heterocycles. The normalized spacial score (nSPS) is 12.0. The molecule has 0 aliphatic carbocycles. The summed E-state index contributed by atoms with van der Waals surface area (Å²) in [7, 11) is 0. The first kappa shape index (κ1) is 18.8. The van der Waals surface area contributed by atoms with Crippen molar-refractivity contribution in [3.05, 3.63) is 65.9 Å². The fourth-order valence-corrected chi connectivity index (χ4v) is 4.58. The van der Waals surface area contributed by atoms with Crippen LogP contribution in [0.1, 0.15) is 16.7 Å². The van der Waals surface area contributed by atoms with Gasteiger partial charge in [-0.15, -0.1) is 6.42 Å². The zero-order valence-corrected chi connectivity index (χ0v) is 17.4. The number of benzene rings is 2. The number of halogens is 2. The third-order valence-electron chi connectivity index (χ3n) is 4.47. The highest BCUT2D eigenvalue weighted by molar-refractivity contribution is 7.15. The van der Waals surface area contributed by atoms with Gasteiger partial charge in [0.25, 0.3) is 5.56 Å². The maximum Gasteiger partial charge on any atom is 0.274 e. The van der Waals surface area contributed by atoms with Gasteiger partial charge in [0.15, 0.2) is 10.7 Å². The second-order valence-corrected chi connectivity index (χ2v) is 8.20. The van der Waals surface area contributed by atoms with Crippen molar-refractivity contribution in [3.63, 3.8) is 0 Å². The van der Waals surface area contributed by atoms with Crippen LogP contribution in [0.5, 0.6) is 5.75 Å². The number of nitrogens with zero attached hydrogens (tertiary/aromatic N) is 2. The summed E-state index contributed by atoms with van der Waals surface area (Å²) in [5.41, 5.74) is 4.47.